The molecular weight excluding hydrogens is 262 g/mol. The zero-order chi connectivity index (χ0) is 15.2. The summed E-state index contributed by atoms with van der Waals surface area (Å²) in [5.74, 6) is 2.46. The molecule has 3 heteroatoms. The Labute approximate surface area is 130 Å². The van der Waals surface area contributed by atoms with Crippen LogP contribution in [0, 0.1) is 23.7 Å². The molecule has 3 nitrogen and oxygen atoms in total. The summed E-state index contributed by atoms with van der Waals surface area (Å²) in [4.78, 5) is 12.1. The predicted molar refractivity (Wildman–Crippen MR) is 86.2 cm³/mol. The fraction of sp³-hybridized carbons (Fsp3) is 0.944. The molecule has 21 heavy (non-hydrogen) atoms. The van der Waals surface area contributed by atoms with E-state index in [0.717, 1.165) is 13.0 Å². The van der Waals surface area contributed by atoms with Gasteiger partial charge in [0.25, 0.3) is 0 Å². The van der Waals surface area contributed by atoms with Crippen molar-refractivity contribution in [3.8, 4) is 0 Å². The SMILES string of the molecule is CC(C)[C@@H]1CC[C@@H](C)CC1OC(=O)NCC1CCCCC1. The van der Waals surface area contributed by atoms with Crippen LogP contribution in [0.25, 0.3) is 0 Å². The van der Waals surface area contributed by atoms with Crippen molar-refractivity contribution in [3.63, 3.8) is 0 Å². The van der Waals surface area contributed by atoms with E-state index in [1.807, 2.05) is 0 Å². The molecule has 2 saturated carbocycles. The monoisotopic (exact) mass is 295 g/mol. The van der Waals surface area contributed by atoms with Gasteiger partial charge in [0.15, 0.2) is 0 Å². The summed E-state index contributed by atoms with van der Waals surface area (Å²) in [7, 11) is 0. The van der Waals surface area contributed by atoms with Crippen molar-refractivity contribution < 1.29 is 9.53 Å². The smallest absolute Gasteiger partial charge is 0.407 e. The van der Waals surface area contributed by atoms with Gasteiger partial charge in [0, 0.05) is 6.54 Å². The standard InChI is InChI=1S/C18H33NO2/c1-13(2)16-10-9-14(3)11-17(16)21-18(20)19-12-15-7-5-4-6-8-15/h13-17H,4-12H2,1-3H3,(H,19,20)/t14-,16+,17?/m1/s1. The van der Waals surface area contributed by atoms with E-state index in [4.69, 9.17) is 4.74 Å². The van der Waals surface area contributed by atoms with E-state index in [0.29, 0.717) is 23.7 Å². The molecule has 0 bridgehead atoms. The molecule has 1 unspecified atom stereocenters. The van der Waals surface area contributed by atoms with E-state index < -0.39 is 0 Å². The molecule has 1 amide bonds. The molecule has 0 spiro atoms. The average molecular weight is 295 g/mol. The van der Waals surface area contributed by atoms with E-state index in [9.17, 15) is 4.79 Å². The molecular formula is C18H33NO2. The van der Waals surface area contributed by atoms with Crippen LogP contribution in [-0.2, 0) is 4.74 Å². The van der Waals surface area contributed by atoms with Gasteiger partial charge in [-0.05, 0) is 49.4 Å². The highest BCUT2D eigenvalue weighted by Gasteiger charge is 2.33. The molecule has 2 fully saturated rings. The van der Waals surface area contributed by atoms with Gasteiger partial charge in [0.2, 0.25) is 0 Å². The summed E-state index contributed by atoms with van der Waals surface area (Å²) < 4.78 is 5.78. The number of hydrogen-bond donors (Lipinski definition) is 1. The Balaban J connectivity index is 1.76. The lowest BCUT2D eigenvalue weighted by Gasteiger charge is -2.36. The van der Waals surface area contributed by atoms with E-state index >= 15 is 0 Å². The minimum atomic E-state index is -0.190. The van der Waals surface area contributed by atoms with Crippen LogP contribution in [0.4, 0.5) is 4.79 Å². The first-order valence-corrected chi connectivity index (χ1v) is 9.00. The number of carbonyl (C=O) groups excluding carboxylic acids is 1. The third-order valence-corrected chi connectivity index (χ3v) is 5.48. The van der Waals surface area contributed by atoms with Crippen molar-refractivity contribution in [1.82, 2.24) is 5.32 Å². The molecule has 122 valence electrons. The van der Waals surface area contributed by atoms with Gasteiger partial charge in [-0.3, -0.25) is 0 Å². The number of amides is 1. The molecule has 0 saturated heterocycles. The highest BCUT2D eigenvalue weighted by Crippen LogP contribution is 2.35. The number of hydrogen-bond acceptors (Lipinski definition) is 2. The number of rotatable bonds is 4. The van der Waals surface area contributed by atoms with Crippen LogP contribution in [-0.4, -0.2) is 18.7 Å². The van der Waals surface area contributed by atoms with E-state index in [1.54, 1.807) is 0 Å². The summed E-state index contributed by atoms with van der Waals surface area (Å²) in [6.45, 7) is 7.56. The summed E-state index contributed by atoms with van der Waals surface area (Å²) in [5, 5.41) is 3.01. The lowest BCUT2D eigenvalue weighted by atomic mass is 9.75. The van der Waals surface area contributed by atoms with Crippen LogP contribution in [0.15, 0.2) is 0 Å². The topological polar surface area (TPSA) is 38.3 Å². The molecule has 0 aromatic carbocycles. The first-order chi connectivity index (χ1) is 10.1. The predicted octanol–water partition coefficient (Wildman–Crippen LogP) is 4.75. The number of nitrogens with one attached hydrogen (secondary N) is 1. The van der Waals surface area contributed by atoms with E-state index in [1.165, 1.54) is 44.9 Å². The lowest BCUT2D eigenvalue weighted by molar-refractivity contribution is 0.00567. The van der Waals surface area contributed by atoms with Crippen LogP contribution in [0.3, 0.4) is 0 Å². The summed E-state index contributed by atoms with van der Waals surface area (Å²) in [6, 6.07) is 0. The van der Waals surface area contributed by atoms with Crippen molar-refractivity contribution in [2.45, 2.75) is 78.2 Å². The van der Waals surface area contributed by atoms with E-state index in [2.05, 4.69) is 26.1 Å². The van der Waals surface area contributed by atoms with Crippen LogP contribution >= 0.6 is 0 Å². The fourth-order valence-electron chi connectivity index (χ4n) is 4.05. The van der Waals surface area contributed by atoms with Gasteiger partial charge in [-0.2, -0.15) is 0 Å². The van der Waals surface area contributed by atoms with Crippen molar-refractivity contribution in [1.29, 1.82) is 0 Å². The first kappa shape index (κ1) is 16.6. The Morgan fingerprint density at radius 1 is 1.14 bits per heavy atom. The summed E-state index contributed by atoms with van der Waals surface area (Å²) in [6.07, 6.45) is 9.92. The molecule has 0 aromatic heterocycles. The van der Waals surface area contributed by atoms with Gasteiger partial charge >= 0.3 is 6.09 Å². The van der Waals surface area contributed by atoms with Crippen LogP contribution in [0.5, 0.6) is 0 Å². The molecule has 2 aliphatic carbocycles. The first-order valence-electron chi connectivity index (χ1n) is 9.00. The normalized spacial score (nSPS) is 31.1. The number of alkyl carbamates (subject to hydrolysis) is 1. The number of carbonyl (C=O) groups is 1. The van der Waals surface area contributed by atoms with Crippen LogP contribution in [0.2, 0.25) is 0 Å². The second-order valence-electron chi connectivity index (χ2n) is 7.65. The van der Waals surface area contributed by atoms with Crippen molar-refractivity contribution in [2.75, 3.05) is 6.54 Å². The Bertz CT molecular complexity index is 323. The molecule has 0 aliphatic heterocycles. The molecule has 2 rings (SSSR count). The van der Waals surface area contributed by atoms with Gasteiger partial charge in [-0.25, -0.2) is 4.79 Å². The minimum absolute atomic E-state index is 0.111. The highest BCUT2D eigenvalue weighted by atomic mass is 16.6. The zero-order valence-corrected chi connectivity index (χ0v) is 14.1. The highest BCUT2D eigenvalue weighted by molar-refractivity contribution is 5.67. The maximum atomic E-state index is 12.1. The van der Waals surface area contributed by atoms with Gasteiger partial charge in [-0.1, -0.05) is 46.5 Å². The second kappa shape index (κ2) is 8.05. The quantitative estimate of drug-likeness (QED) is 0.812. The van der Waals surface area contributed by atoms with Crippen LogP contribution < -0.4 is 5.32 Å². The van der Waals surface area contributed by atoms with E-state index in [-0.39, 0.29) is 12.2 Å². The largest absolute Gasteiger partial charge is 0.446 e. The Morgan fingerprint density at radius 3 is 2.52 bits per heavy atom. The number of ether oxygens (including phenoxy) is 1. The molecule has 0 radical (unpaired) electrons. The fourth-order valence-corrected chi connectivity index (χ4v) is 4.05. The molecule has 2 aliphatic rings. The Kier molecular flexibility index (Phi) is 6.38. The van der Waals surface area contributed by atoms with Crippen molar-refractivity contribution in [2.24, 2.45) is 23.7 Å². The lowest BCUT2D eigenvalue weighted by Crippen LogP contribution is -2.40. The third-order valence-electron chi connectivity index (χ3n) is 5.48. The van der Waals surface area contributed by atoms with Crippen molar-refractivity contribution >= 4 is 6.09 Å². The van der Waals surface area contributed by atoms with Crippen molar-refractivity contribution in [3.05, 3.63) is 0 Å². The van der Waals surface area contributed by atoms with Gasteiger partial charge in [-0.15, -0.1) is 0 Å². The Hall–Kier alpha value is -0.730. The molecule has 0 heterocycles. The van der Waals surface area contributed by atoms with Gasteiger partial charge in [0.1, 0.15) is 6.10 Å². The molecule has 0 aromatic rings. The maximum absolute atomic E-state index is 12.1. The molecule has 3 atom stereocenters. The van der Waals surface area contributed by atoms with Gasteiger partial charge < -0.3 is 10.1 Å². The molecule has 1 N–H and O–H groups in total. The maximum Gasteiger partial charge on any atom is 0.407 e. The summed E-state index contributed by atoms with van der Waals surface area (Å²) >= 11 is 0. The average Bonchev–Trinajstić information content (AvgIpc) is 2.46. The third kappa shape index (κ3) is 5.19. The Morgan fingerprint density at radius 2 is 1.86 bits per heavy atom. The van der Waals surface area contributed by atoms with Gasteiger partial charge in [0.05, 0.1) is 0 Å². The minimum Gasteiger partial charge on any atom is -0.446 e. The summed E-state index contributed by atoms with van der Waals surface area (Å²) in [5.41, 5.74) is 0. The zero-order valence-electron chi connectivity index (χ0n) is 14.1. The second-order valence-corrected chi connectivity index (χ2v) is 7.65. The van der Waals surface area contributed by atoms with Crippen LogP contribution in [0.1, 0.15) is 72.1 Å².